The summed E-state index contributed by atoms with van der Waals surface area (Å²) in [5.74, 6) is -0.127. The van der Waals surface area contributed by atoms with Gasteiger partial charge in [-0.1, -0.05) is 84.9 Å². The van der Waals surface area contributed by atoms with E-state index in [0.717, 1.165) is 5.54 Å². The van der Waals surface area contributed by atoms with Crippen LogP contribution in [0.25, 0.3) is 0 Å². The molecule has 1 aliphatic rings. The van der Waals surface area contributed by atoms with E-state index >= 15 is 0 Å². The first-order valence-corrected chi connectivity index (χ1v) is 9.47. The Kier molecular flexibility index (Phi) is 4.31. The lowest BCUT2D eigenvalue weighted by atomic mass is 10.0. The van der Waals surface area contributed by atoms with Crippen molar-refractivity contribution in [3.05, 3.63) is 60.4 Å². The van der Waals surface area contributed by atoms with Crippen LogP contribution in [0.1, 0.15) is 32.1 Å². The number of rotatable bonds is 3. The zero-order valence-electron chi connectivity index (χ0n) is 11.8. The number of benzene rings is 2. The monoisotopic (exact) mass is 284 g/mol. The molecule has 0 spiro atoms. The average molecular weight is 284 g/mol. The van der Waals surface area contributed by atoms with Crippen LogP contribution in [0.4, 0.5) is 4.39 Å². The van der Waals surface area contributed by atoms with E-state index in [4.69, 9.17) is 0 Å². The van der Waals surface area contributed by atoms with Crippen molar-refractivity contribution in [2.45, 2.75) is 37.6 Å². The smallest absolute Gasteiger partial charge is 0.123 e. The quantitative estimate of drug-likeness (QED) is 0.757. The molecule has 20 heavy (non-hydrogen) atoms. The van der Waals surface area contributed by atoms with Gasteiger partial charge in [0.1, 0.15) is 14.6 Å². The summed E-state index contributed by atoms with van der Waals surface area (Å²) in [5, 5.41) is 2.90. The van der Waals surface area contributed by atoms with Crippen LogP contribution in [0.5, 0.6) is 0 Å². The van der Waals surface area contributed by atoms with E-state index in [1.54, 1.807) is 12.1 Å². The second kappa shape index (κ2) is 6.36. The van der Waals surface area contributed by atoms with Crippen LogP contribution in [0.2, 0.25) is 5.54 Å². The minimum atomic E-state index is -1.22. The molecule has 1 saturated carbocycles. The van der Waals surface area contributed by atoms with E-state index in [9.17, 15) is 4.39 Å². The molecule has 1 aliphatic carbocycles. The second-order valence-electron chi connectivity index (χ2n) is 5.84. The van der Waals surface area contributed by atoms with E-state index < -0.39 is 8.80 Å². The molecule has 104 valence electrons. The fraction of sp³-hybridized carbons (Fsp3) is 0.333. The Morgan fingerprint density at radius 1 is 0.750 bits per heavy atom. The maximum absolute atomic E-state index is 13.2. The van der Waals surface area contributed by atoms with Gasteiger partial charge in [-0.2, -0.15) is 0 Å². The highest BCUT2D eigenvalue weighted by molar-refractivity contribution is 6.86. The van der Waals surface area contributed by atoms with Gasteiger partial charge in [0.15, 0.2) is 0 Å². The Morgan fingerprint density at radius 2 is 1.35 bits per heavy atom. The summed E-state index contributed by atoms with van der Waals surface area (Å²) in [6.45, 7) is 0. The topological polar surface area (TPSA) is 0 Å². The van der Waals surface area contributed by atoms with Crippen molar-refractivity contribution in [3.63, 3.8) is 0 Å². The third-order valence-corrected chi connectivity index (χ3v) is 8.32. The fourth-order valence-corrected chi connectivity index (χ4v) is 7.39. The number of hydrogen-bond acceptors (Lipinski definition) is 0. The van der Waals surface area contributed by atoms with Crippen molar-refractivity contribution < 1.29 is 4.39 Å². The van der Waals surface area contributed by atoms with Crippen molar-refractivity contribution in [2.75, 3.05) is 0 Å². The number of hydrogen-bond donors (Lipinski definition) is 0. The molecule has 2 aromatic rings. The van der Waals surface area contributed by atoms with Crippen LogP contribution in [0, 0.1) is 5.82 Å². The predicted molar refractivity (Wildman–Crippen MR) is 86.1 cm³/mol. The van der Waals surface area contributed by atoms with Gasteiger partial charge in [0, 0.05) is 0 Å². The molecule has 0 heterocycles. The van der Waals surface area contributed by atoms with E-state index in [-0.39, 0.29) is 5.82 Å². The summed E-state index contributed by atoms with van der Waals surface area (Å²) in [4.78, 5) is 0. The molecule has 3 rings (SSSR count). The SMILES string of the molecule is Fc1ccc([SiH](c2ccccc2)C2CCCCC2)cc1. The molecule has 0 N–H and O–H groups in total. The molecule has 0 aliphatic heterocycles. The molecule has 0 saturated heterocycles. The predicted octanol–water partition coefficient (Wildman–Crippen LogP) is 3.50. The fourth-order valence-electron chi connectivity index (χ4n) is 3.53. The Labute approximate surface area is 122 Å². The van der Waals surface area contributed by atoms with Crippen LogP contribution in [0.3, 0.4) is 0 Å². The Morgan fingerprint density at radius 3 is 2.00 bits per heavy atom. The standard InChI is InChI=1S/C18H21FSi/c19-15-11-13-18(14-12-15)20(16-7-3-1-4-8-16)17-9-5-2-6-10-17/h1,3-4,7-8,11-14,17,20H,2,5-6,9-10H2. The molecule has 0 bridgehead atoms. The van der Waals surface area contributed by atoms with Gasteiger partial charge in [0.25, 0.3) is 0 Å². The highest BCUT2D eigenvalue weighted by atomic mass is 28.3. The van der Waals surface area contributed by atoms with Gasteiger partial charge in [-0.15, -0.1) is 0 Å². The molecule has 2 aromatic carbocycles. The lowest BCUT2D eigenvalue weighted by Gasteiger charge is -2.30. The van der Waals surface area contributed by atoms with Crippen molar-refractivity contribution in [1.82, 2.24) is 0 Å². The molecular weight excluding hydrogens is 263 g/mol. The van der Waals surface area contributed by atoms with Crippen LogP contribution in [-0.4, -0.2) is 8.80 Å². The van der Waals surface area contributed by atoms with E-state index in [1.165, 1.54) is 42.5 Å². The molecule has 1 fully saturated rings. The lowest BCUT2D eigenvalue weighted by Crippen LogP contribution is -2.46. The first kappa shape index (κ1) is 13.6. The van der Waals surface area contributed by atoms with Gasteiger partial charge in [-0.3, -0.25) is 0 Å². The van der Waals surface area contributed by atoms with Crippen LogP contribution < -0.4 is 10.4 Å². The van der Waals surface area contributed by atoms with Gasteiger partial charge < -0.3 is 0 Å². The normalized spacial score (nSPS) is 17.9. The number of halogens is 1. The van der Waals surface area contributed by atoms with Crippen molar-refractivity contribution in [3.8, 4) is 0 Å². The maximum Gasteiger partial charge on any atom is 0.123 e. The summed E-state index contributed by atoms with van der Waals surface area (Å²) in [6.07, 6.45) is 6.81. The summed E-state index contributed by atoms with van der Waals surface area (Å²) >= 11 is 0. The highest BCUT2D eigenvalue weighted by Gasteiger charge is 2.27. The average Bonchev–Trinajstić information content (AvgIpc) is 2.52. The van der Waals surface area contributed by atoms with Crippen molar-refractivity contribution in [2.24, 2.45) is 0 Å². The summed E-state index contributed by atoms with van der Waals surface area (Å²) in [6, 6.07) is 18.2. The molecule has 2 heteroatoms. The zero-order valence-corrected chi connectivity index (χ0v) is 12.9. The Hall–Kier alpha value is -1.41. The van der Waals surface area contributed by atoms with Crippen molar-refractivity contribution >= 4 is 19.2 Å². The van der Waals surface area contributed by atoms with E-state index in [1.807, 2.05) is 12.1 Å². The molecule has 0 amide bonds. The minimum Gasteiger partial charge on any atom is -0.207 e. The van der Waals surface area contributed by atoms with Gasteiger partial charge in [0.2, 0.25) is 0 Å². The molecule has 1 atom stereocenters. The minimum absolute atomic E-state index is 0.127. The maximum atomic E-state index is 13.2. The third kappa shape index (κ3) is 3.01. The Bertz CT molecular complexity index is 529. The summed E-state index contributed by atoms with van der Waals surface area (Å²) in [5.41, 5.74) is 0.830. The van der Waals surface area contributed by atoms with Crippen LogP contribution >= 0.6 is 0 Å². The van der Waals surface area contributed by atoms with Crippen molar-refractivity contribution in [1.29, 1.82) is 0 Å². The summed E-state index contributed by atoms with van der Waals surface area (Å²) < 4.78 is 13.2. The molecule has 1 unspecified atom stereocenters. The Balaban J connectivity index is 1.96. The van der Waals surface area contributed by atoms with Crippen LogP contribution in [-0.2, 0) is 0 Å². The lowest BCUT2D eigenvalue weighted by molar-refractivity contribution is 0.499. The first-order valence-electron chi connectivity index (χ1n) is 7.65. The molecule has 0 radical (unpaired) electrons. The van der Waals surface area contributed by atoms with E-state index in [0.29, 0.717) is 0 Å². The summed E-state index contributed by atoms with van der Waals surface area (Å²) in [7, 11) is -1.22. The first-order chi connectivity index (χ1) is 9.84. The zero-order chi connectivity index (χ0) is 13.8. The van der Waals surface area contributed by atoms with Gasteiger partial charge in [-0.05, 0) is 17.7 Å². The van der Waals surface area contributed by atoms with Crippen LogP contribution in [0.15, 0.2) is 54.6 Å². The van der Waals surface area contributed by atoms with Gasteiger partial charge >= 0.3 is 0 Å². The van der Waals surface area contributed by atoms with Gasteiger partial charge in [0.05, 0.1) is 0 Å². The molecule has 0 aromatic heterocycles. The highest BCUT2D eigenvalue weighted by Crippen LogP contribution is 2.31. The second-order valence-corrected chi connectivity index (χ2v) is 9.07. The molecule has 0 nitrogen and oxygen atoms in total. The van der Waals surface area contributed by atoms with Gasteiger partial charge in [-0.25, -0.2) is 4.39 Å². The largest absolute Gasteiger partial charge is 0.207 e. The third-order valence-electron chi connectivity index (χ3n) is 4.51. The molecular formula is C18H21FSi. The van der Waals surface area contributed by atoms with E-state index in [2.05, 4.69) is 30.3 Å².